The van der Waals surface area contributed by atoms with Crippen LogP contribution in [0.25, 0.3) is 0 Å². The van der Waals surface area contributed by atoms with Crippen molar-refractivity contribution < 1.29 is 19.2 Å². The summed E-state index contributed by atoms with van der Waals surface area (Å²) >= 11 is -0.135. The van der Waals surface area contributed by atoms with E-state index in [1.165, 1.54) is 154 Å². The summed E-state index contributed by atoms with van der Waals surface area (Å²) in [6.07, 6.45) is 41.9. The van der Waals surface area contributed by atoms with Crippen LogP contribution in [0.3, 0.4) is 0 Å². The fourth-order valence-electron chi connectivity index (χ4n) is 5.27. The van der Waals surface area contributed by atoms with Crippen molar-refractivity contribution in [3.05, 3.63) is 0 Å². The fourth-order valence-corrected chi connectivity index (χ4v) is 8.03. The van der Waals surface area contributed by atoms with E-state index in [1.54, 1.807) is 30.7 Å². The predicted octanol–water partition coefficient (Wildman–Crippen LogP) is 11.6. The zero-order valence-electron chi connectivity index (χ0n) is 26.1. The average molecular weight is 589 g/mol. The third-order valence-electron chi connectivity index (χ3n) is 7.71. The van der Waals surface area contributed by atoms with Crippen LogP contribution >= 0.6 is 7.82 Å². The first-order valence-electron chi connectivity index (χ1n) is 17.2. The number of unbranched alkanes of at least 4 members (excludes halogenated alkanes) is 26. The third kappa shape index (κ3) is 50.2. The van der Waals surface area contributed by atoms with E-state index in [4.69, 9.17) is 19.2 Å². The molecule has 0 aliphatic rings. The van der Waals surface area contributed by atoms with Gasteiger partial charge in [0.15, 0.2) is 0 Å². The molecule has 0 aliphatic carbocycles. The van der Waals surface area contributed by atoms with Crippen molar-refractivity contribution in [2.24, 2.45) is 0 Å². The van der Waals surface area contributed by atoms with E-state index >= 15 is 0 Å². The number of hydrogen-bond acceptors (Lipinski definition) is 1. The summed E-state index contributed by atoms with van der Waals surface area (Å²) in [6, 6.07) is 0. The van der Waals surface area contributed by atoms with E-state index in [2.05, 4.69) is 13.8 Å². The van der Waals surface area contributed by atoms with Crippen LogP contribution in [0.1, 0.15) is 194 Å². The van der Waals surface area contributed by atoms with Gasteiger partial charge in [0, 0.05) is 0 Å². The topological polar surface area (TPSA) is 77.8 Å². The second-order valence-corrected chi connectivity index (χ2v) is 16.1. The molecule has 0 aliphatic heterocycles. The molecule has 3 N–H and O–H groups in total. The summed E-state index contributed by atoms with van der Waals surface area (Å²) < 4.78 is 12.2. The van der Waals surface area contributed by atoms with Gasteiger partial charge in [0.2, 0.25) is 0 Å². The normalized spacial score (nSPS) is 11.3. The minimum absolute atomic E-state index is 0.135. The zero-order chi connectivity index (χ0) is 28.4. The summed E-state index contributed by atoms with van der Waals surface area (Å²) in [5.41, 5.74) is 0. The van der Waals surface area contributed by atoms with E-state index < -0.39 is 7.82 Å². The Labute approximate surface area is 257 Å². The van der Waals surface area contributed by atoms with Crippen LogP contribution in [0, 0.1) is 0 Å². The van der Waals surface area contributed by atoms with E-state index in [1.807, 2.05) is 0 Å². The first kappa shape index (κ1) is 41.5. The Morgan fingerprint density at radius 1 is 0.368 bits per heavy atom. The first-order valence-corrected chi connectivity index (χ1v) is 21.9. The van der Waals surface area contributed by atoms with Crippen LogP contribution in [-0.2, 0) is 4.57 Å². The Kier molecular flexibility index (Phi) is 39.8. The Bertz CT molecular complexity index is 420. The molecule has 6 heteroatoms. The van der Waals surface area contributed by atoms with Gasteiger partial charge in [-0.3, -0.25) is 0 Å². The van der Waals surface area contributed by atoms with Gasteiger partial charge in [-0.15, -0.1) is 0 Å². The summed E-state index contributed by atoms with van der Waals surface area (Å²) in [7, 11) is -4.64. The Balaban J connectivity index is 0. The van der Waals surface area contributed by atoms with Gasteiger partial charge in [-0.25, -0.2) is 4.57 Å². The molecule has 0 spiro atoms. The van der Waals surface area contributed by atoms with Gasteiger partial charge in [-0.1, -0.05) is 52.4 Å². The van der Waals surface area contributed by atoms with Crippen molar-refractivity contribution in [1.82, 2.24) is 0 Å². The molecule has 0 atom stereocenters. The summed E-state index contributed by atoms with van der Waals surface area (Å²) in [5.74, 6) is 0. The van der Waals surface area contributed by atoms with Gasteiger partial charge in [0.05, 0.1) is 0 Å². The Hall–Kier alpha value is 1.37. The second-order valence-electron chi connectivity index (χ2n) is 11.8. The van der Waals surface area contributed by atoms with Crippen LogP contribution in [-0.4, -0.2) is 48.5 Å². The molecule has 0 fully saturated rings. The molecule has 0 aromatic heterocycles. The van der Waals surface area contributed by atoms with Gasteiger partial charge in [-0.2, -0.15) is 0 Å². The number of hydrogen-bond donors (Lipinski definition) is 3. The van der Waals surface area contributed by atoms with Gasteiger partial charge in [0.1, 0.15) is 0 Å². The van der Waals surface area contributed by atoms with Crippen molar-refractivity contribution >= 4 is 41.7 Å². The summed E-state index contributed by atoms with van der Waals surface area (Å²) in [4.78, 5) is 21.6. The van der Waals surface area contributed by atoms with Crippen molar-refractivity contribution in [3.63, 3.8) is 0 Å². The van der Waals surface area contributed by atoms with Crippen molar-refractivity contribution in [1.29, 1.82) is 0 Å². The van der Waals surface area contributed by atoms with E-state index in [9.17, 15) is 0 Å². The molecular weight excluding hydrogens is 519 g/mol. The van der Waals surface area contributed by atoms with Crippen molar-refractivity contribution in [3.8, 4) is 0 Å². The molecule has 0 unspecified atom stereocenters. The standard InChI is InChI=1S/2C16H33.Ca.H3O4P/c2*1-3-5-7-9-11-13-15-16-14-12-10-8-6-4-2;;1-5(2,3)4/h2*1,3-16H2,2H3;;(H3,1,2,3,4). The molecule has 0 rings (SSSR count). The van der Waals surface area contributed by atoms with Gasteiger partial charge in [0.25, 0.3) is 0 Å². The third-order valence-corrected chi connectivity index (χ3v) is 10.8. The van der Waals surface area contributed by atoms with Gasteiger partial charge in [-0.05, 0) is 0 Å². The number of phosphoric acid groups is 1. The zero-order valence-corrected chi connectivity index (χ0v) is 29.2. The molecule has 228 valence electrons. The monoisotopic (exact) mass is 588 g/mol. The molecule has 0 amide bonds. The van der Waals surface area contributed by atoms with Gasteiger partial charge < -0.3 is 14.7 Å². The molecule has 0 saturated heterocycles. The van der Waals surface area contributed by atoms with Crippen molar-refractivity contribution in [2.75, 3.05) is 0 Å². The van der Waals surface area contributed by atoms with E-state index in [0.717, 1.165) is 0 Å². The predicted molar refractivity (Wildman–Crippen MR) is 170 cm³/mol. The van der Waals surface area contributed by atoms with Crippen LogP contribution in [0.2, 0.25) is 5.04 Å². The van der Waals surface area contributed by atoms with Crippen LogP contribution in [0.5, 0.6) is 0 Å². The Morgan fingerprint density at radius 2 is 0.526 bits per heavy atom. The average Bonchev–Trinajstić information content (AvgIpc) is 2.87. The smallest absolute Gasteiger partial charge is 0.303 e. The maximum atomic E-state index is 8.88. The minimum Gasteiger partial charge on any atom is -0.303 e. The SMILES string of the molecule is CCCCCCCCCCCCCCC[CH2][Ca][CH2]CCCCCCCCCCCCCCC.O=P(O)(O)O. The quantitative estimate of drug-likeness (QED) is 0.0443. The van der Waals surface area contributed by atoms with E-state index in [-0.39, 0.29) is 33.8 Å². The maximum absolute atomic E-state index is 8.88. The van der Waals surface area contributed by atoms with Crippen molar-refractivity contribution in [2.45, 2.75) is 199 Å². The molecular formula is C32H69CaO4P. The molecule has 0 bridgehead atoms. The second kappa shape index (κ2) is 36.4. The Morgan fingerprint density at radius 3 is 0.711 bits per heavy atom. The molecule has 0 aromatic carbocycles. The van der Waals surface area contributed by atoms with Crippen LogP contribution in [0.4, 0.5) is 0 Å². The molecule has 0 aromatic rings. The minimum atomic E-state index is -4.64. The van der Waals surface area contributed by atoms with Crippen LogP contribution in [0.15, 0.2) is 0 Å². The number of rotatable bonds is 30. The summed E-state index contributed by atoms with van der Waals surface area (Å²) in [6.45, 7) is 4.62. The molecule has 0 heterocycles. The molecule has 0 saturated carbocycles. The fraction of sp³-hybridized carbons (Fsp3) is 1.00. The molecule has 4 nitrogen and oxygen atoms in total. The van der Waals surface area contributed by atoms with Gasteiger partial charge >= 0.3 is 188 Å². The van der Waals surface area contributed by atoms with Crippen LogP contribution < -0.4 is 0 Å². The molecule has 38 heavy (non-hydrogen) atoms. The summed E-state index contributed by atoms with van der Waals surface area (Å²) in [5, 5.41) is 0. The van der Waals surface area contributed by atoms with E-state index in [0.29, 0.717) is 0 Å². The molecule has 0 radical (unpaired) electrons. The first-order chi connectivity index (χ1) is 18.4.